The zero-order valence-corrected chi connectivity index (χ0v) is 9.76. The van der Waals surface area contributed by atoms with Crippen LogP contribution < -0.4 is 0 Å². The molecule has 0 fully saturated rings. The second-order valence-electron chi connectivity index (χ2n) is 3.11. The van der Waals surface area contributed by atoms with Crippen LogP contribution in [0.25, 0.3) is 0 Å². The minimum atomic E-state index is -0.294. The van der Waals surface area contributed by atoms with Gasteiger partial charge in [0.1, 0.15) is 0 Å². The van der Waals surface area contributed by atoms with Crippen molar-refractivity contribution in [3.63, 3.8) is 0 Å². The molecule has 1 unspecified atom stereocenters. The fourth-order valence-electron chi connectivity index (χ4n) is 0.511. The number of carbonyl (C=O) groups excluding carboxylic acids is 1. The molecular formula is C7H15NOY. The van der Waals surface area contributed by atoms with Crippen LogP contribution in [-0.2, 0) is 37.5 Å². The van der Waals surface area contributed by atoms with Gasteiger partial charge in [-0.1, -0.05) is 0 Å². The van der Waals surface area contributed by atoms with E-state index < -0.39 is 0 Å². The first-order valence-electron chi connectivity index (χ1n) is 3.61. The number of nitrogens with zero attached hydrogens (tertiary/aromatic N) is 1. The van der Waals surface area contributed by atoms with E-state index in [2.05, 4.69) is 0 Å². The second-order valence-corrected chi connectivity index (χ2v) is 3.11. The van der Waals surface area contributed by atoms with E-state index in [1.165, 1.54) is 0 Å². The van der Waals surface area contributed by atoms with Gasteiger partial charge in [-0.15, -0.1) is 6.42 Å². The van der Waals surface area contributed by atoms with Gasteiger partial charge in [-0.2, -0.15) is 0 Å². The molecule has 2 nitrogen and oxygen atoms in total. The van der Waals surface area contributed by atoms with E-state index in [-0.39, 0.29) is 45.5 Å². The van der Waals surface area contributed by atoms with Crippen molar-refractivity contribution >= 4 is 6.29 Å². The van der Waals surface area contributed by atoms with Crippen LogP contribution in [0.4, 0.5) is 0 Å². The zero-order chi connectivity index (χ0) is 8.20. The molecule has 0 spiro atoms. The van der Waals surface area contributed by atoms with Gasteiger partial charge < -0.3 is 9.28 Å². The molecule has 57 valence electrons. The average molecular weight is 220 g/mol. The first kappa shape index (κ1) is 10.7. The Balaban J connectivity index is 0. The van der Waals surface area contributed by atoms with Crippen LogP contribution >= 0.6 is 0 Å². The number of hydrogen-bond acceptors (Lipinski definition) is 1. The van der Waals surface area contributed by atoms with Crippen LogP contribution in [0.5, 0.6) is 0 Å². The van der Waals surface area contributed by atoms with Gasteiger partial charge in [0, 0.05) is 34.1 Å². The molecule has 0 amide bonds. The number of quaternary nitrogens is 1. The number of hydrogen-bond donors (Lipinski definition) is 0. The Morgan fingerprint density at radius 2 is 2.00 bits per heavy atom. The molecule has 1 radical (unpaired) electrons. The molecule has 0 aliphatic carbocycles. The third kappa shape index (κ3) is 11.5. The maximum atomic E-state index is 9.85. The van der Waals surface area contributed by atoms with Gasteiger partial charge in [-0.3, -0.25) is 6.29 Å². The second kappa shape index (κ2) is 6.44. The Hall–Kier alpha value is 0.734. The van der Waals surface area contributed by atoms with Gasteiger partial charge in [0.05, 0.1) is 27.7 Å². The first-order chi connectivity index (χ1) is 4.45. The summed E-state index contributed by atoms with van der Waals surface area (Å²) in [7, 11) is 6.02. The Kier molecular flexibility index (Phi) is 6.92. The van der Waals surface area contributed by atoms with E-state index in [1.54, 1.807) is 6.29 Å². The van der Waals surface area contributed by atoms with Crippen molar-refractivity contribution in [2.45, 2.75) is 12.8 Å². The van der Waals surface area contributed by atoms with Crippen molar-refractivity contribution in [2.24, 2.45) is 0 Å². The molecule has 0 heterocycles. The SMILES string of the molecule is [3H]C(C[C-]=O)C[N+](C)(C)C.[Y]. The van der Waals surface area contributed by atoms with Crippen molar-refractivity contribution in [1.29, 1.82) is 0 Å². The summed E-state index contributed by atoms with van der Waals surface area (Å²) < 4.78 is 8.08. The summed E-state index contributed by atoms with van der Waals surface area (Å²) in [6, 6.07) is 0. The van der Waals surface area contributed by atoms with Crippen LogP contribution in [0.2, 0.25) is 0 Å². The Labute approximate surface area is 89.8 Å². The Morgan fingerprint density at radius 1 is 1.50 bits per heavy atom. The standard InChI is InChI=1S/C7H15NO.Y/c1-8(2,3)6-4-5-7-9;/h4-6H2,1-3H3;/i4T;. The minimum absolute atomic E-state index is 0. The summed E-state index contributed by atoms with van der Waals surface area (Å²) >= 11 is 0. The quantitative estimate of drug-likeness (QED) is 0.500. The van der Waals surface area contributed by atoms with Crippen LogP contribution in [0.15, 0.2) is 0 Å². The van der Waals surface area contributed by atoms with E-state index in [9.17, 15) is 4.79 Å². The molecule has 10 heavy (non-hydrogen) atoms. The summed E-state index contributed by atoms with van der Waals surface area (Å²) in [5.41, 5.74) is 0. The van der Waals surface area contributed by atoms with E-state index in [0.717, 1.165) is 4.48 Å². The van der Waals surface area contributed by atoms with E-state index in [0.29, 0.717) is 6.54 Å². The third-order valence-electron chi connectivity index (χ3n) is 0.904. The molecular weight excluding hydrogens is 203 g/mol. The fourth-order valence-corrected chi connectivity index (χ4v) is 0.511. The van der Waals surface area contributed by atoms with Crippen molar-refractivity contribution in [1.82, 2.24) is 0 Å². The molecule has 0 aliphatic rings. The van der Waals surface area contributed by atoms with Crippen molar-refractivity contribution < 1.29 is 43.4 Å². The van der Waals surface area contributed by atoms with Gasteiger partial charge in [-0.05, 0) is 6.40 Å². The maximum absolute atomic E-state index is 9.85. The van der Waals surface area contributed by atoms with E-state index in [1.807, 2.05) is 21.1 Å². The van der Waals surface area contributed by atoms with E-state index >= 15 is 0 Å². The summed E-state index contributed by atoms with van der Waals surface area (Å²) in [6.45, 7) is 0.704. The fraction of sp³-hybridized carbons (Fsp3) is 0.857. The monoisotopic (exact) mass is 220 g/mol. The molecule has 0 aliphatic heterocycles. The minimum Gasteiger partial charge on any atom is -0.542 e. The van der Waals surface area contributed by atoms with Gasteiger partial charge in [-0.25, -0.2) is 0 Å². The molecule has 0 N–H and O–H groups in total. The van der Waals surface area contributed by atoms with Crippen LogP contribution in [0.1, 0.15) is 14.2 Å². The molecule has 3 heteroatoms. The molecule has 0 saturated carbocycles. The van der Waals surface area contributed by atoms with Crippen molar-refractivity contribution in [3.05, 3.63) is 0 Å². The predicted octanol–water partition coefficient (Wildman–Crippen LogP) is 0.580. The van der Waals surface area contributed by atoms with Gasteiger partial charge in [0.25, 0.3) is 0 Å². The Bertz CT molecular complexity index is 113. The van der Waals surface area contributed by atoms with Crippen LogP contribution in [0, 0.1) is 0 Å². The Morgan fingerprint density at radius 3 is 2.30 bits per heavy atom. The molecule has 0 bridgehead atoms. The maximum Gasteiger partial charge on any atom is 0.0757 e. The smallest absolute Gasteiger partial charge is 0.0757 e. The zero-order valence-electron chi connectivity index (χ0n) is 7.92. The summed E-state index contributed by atoms with van der Waals surface area (Å²) in [4.78, 5) is 9.85. The predicted molar refractivity (Wildman–Crippen MR) is 37.8 cm³/mol. The topological polar surface area (TPSA) is 17.1 Å². The van der Waals surface area contributed by atoms with Crippen molar-refractivity contribution in [2.75, 3.05) is 27.7 Å². The molecule has 0 aromatic rings. The molecule has 0 aromatic carbocycles. The molecule has 1 atom stereocenters. The summed E-state index contributed by atoms with van der Waals surface area (Å²) in [6.07, 6.45) is 1.68. The first-order valence-corrected chi connectivity index (χ1v) is 3.03. The normalized spacial score (nSPS) is 14.9. The van der Waals surface area contributed by atoms with Gasteiger partial charge in [0.2, 0.25) is 0 Å². The average Bonchev–Trinajstić information content (AvgIpc) is 1.59. The largest absolute Gasteiger partial charge is 0.542 e. The van der Waals surface area contributed by atoms with Gasteiger partial charge >= 0.3 is 0 Å². The molecule has 0 aromatic heterocycles. The van der Waals surface area contributed by atoms with Gasteiger partial charge in [0.15, 0.2) is 0 Å². The molecule has 0 saturated heterocycles. The van der Waals surface area contributed by atoms with Crippen molar-refractivity contribution in [3.8, 4) is 0 Å². The third-order valence-corrected chi connectivity index (χ3v) is 0.904. The summed E-state index contributed by atoms with van der Waals surface area (Å²) in [5, 5.41) is 0. The molecule has 0 rings (SSSR count). The summed E-state index contributed by atoms with van der Waals surface area (Å²) in [5.74, 6) is 0. The number of rotatable bonds is 4. The van der Waals surface area contributed by atoms with E-state index in [4.69, 9.17) is 1.37 Å². The van der Waals surface area contributed by atoms with Crippen LogP contribution in [0.3, 0.4) is 0 Å². The van der Waals surface area contributed by atoms with Crippen LogP contribution in [-0.4, -0.2) is 38.5 Å².